The Bertz CT molecular complexity index is 871. The number of hydrogen-bond donors (Lipinski definition) is 1. The van der Waals surface area contributed by atoms with Gasteiger partial charge in [0.25, 0.3) is 11.6 Å². The van der Waals surface area contributed by atoms with Gasteiger partial charge in [-0.25, -0.2) is 9.78 Å². The topological polar surface area (TPSA) is 106 Å². The average molecular weight is 359 g/mol. The number of morpholine rings is 1. The van der Waals surface area contributed by atoms with Crippen LogP contribution >= 0.6 is 0 Å². The van der Waals surface area contributed by atoms with Crippen molar-refractivity contribution in [3.8, 4) is 0 Å². The summed E-state index contributed by atoms with van der Waals surface area (Å²) in [7, 11) is 0. The van der Waals surface area contributed by atoms with Crippen molar-refractivity contribution in [2.75, 3.05) is 19.8 Å². The van der Waals surface area contributed by atoms with Gasteiger partial charge in [0.05, 0.1) is 29.9 Å². The summed E-state index contributed by atoms with van der Waals surface area (Å²) in [6.45, 7) is 4.48. The van der Waals surface area contributed by atoms with E-state index < -0.39 is 12.0 Å². The zero-order chi connectivity index (χ0) is 18.4. The third-order valence-electron chi connectivity index (χ3n) is 4.94. The summed E-state index contributed by atoms with van der Waals surface area (Å²) in [5, 5.41) is 14.2. The summed E-state index contributed by atoms with van der Waals surface area (Å²) in [4.78, 5) is 30.8. The Morgan fingerprint density at radius 1 is 1.35 bits per heavy atom. The van der Waals surface area contributed by atoms with E-state index in [0.717, 1.165) is 18.5 Å². The quantitative estimate of drug-likeness (QED) is 0.891. The average Bonchev–Trinajstić information content (AvgIpc) is 3.39. The lowest BCUT2D eigenvalue weighted by Crippen LogP contribution is -2.52. The number of carboxylic acids is 1. The smallest absolute Gasteiger partial charge is 0.328 e. The molecule has 4 rings (SSSR count). The van der Waals surface area contributed by atoms with Gasteiger partial charge in [0.2, 0.25) is 0 Å². The summed E-state index contributed by atoms with van der Waals surface area (Å²) in [5.74, 6) is -1.02. The van der Waals surface area contributed by atoms with Crippen molar-refractivity contribution in [2.45, 2.75) is 44.6 Å². The number of pyridine rings is 1. The van der Waals surface area contributed by atoms with Gasteiger partial charge in [-0.1, -0.05) is 19.0 Å². The van der Waals surface area contributed by atoms with E-state index in [9.17, 15) is 14.7 Å². The first-order valence-corrected chi connectivity index (χ1v) is 8.89. The van der Waals surface area contributed by atoms with Gasteiger partial charge in [-0.2, -0.15) is 0 Å². The Morgan fingerprint density at radius 2 is 2.12 bits per heavy atom. The molecule has 1 N–H and O–H groups in total. The number of rotatable bonds is 4. The Morgan fingerprint density at radius 3 is 2.77 bits per heavy atom. The summed E-state index contributed by atoms with van der Waals surface area (Å²) in [6.07, 6.45) is 2.07. The van der Waals surface area contributed by atoms with Crippen LogP contribution in [-0.4, -0.2) is 57.8 Å². The van der Waals surface area contributed by atoms with Crippen LogP contribution in [0.15, 0.2) is 10.6 Å². The van der Waals surface area contributed by atoms with Gasteiger partial charge < -0.3 is 19.3 Å². The molecule has 2 aromatic heterocycles. The van der Waals surface area contributed by atoms with E-state index in [2.05, 4.69) is 10.1 Å². The molecular formula is C18H21N3O5. The third kappa shape index (κ3) is 2.84. The Hall–Kier alpha value is -2.48. The first-order chi connectivity index (χ1) is 12.5. The molecule has 1 atom stereocenters. The van der Waals surface area contributed by atoms with Crippen molar-refractivity contribution < 1.29 is 24.0 Å². The number of aromatic nitrogens is 2. The van der Waals surface area contributed by atoms with Crippen LogP contribution in [0.25, 0.3) is 11.1 Å². The molecule has 1 amide bonds. The predicted octanol–water partition coefficient (Wildman–Crippen LogP) is 2.15. The van der Waals surface area contributed by atoms with Crippen LogP contribution in [0, 0.1) is 0 Å². The molecular weight excluding hydrogens is 338 g/mol. The van der Waals surface area contributed by atoms with Crippen LogP contribution in [-0.2, 0) is 9.53 Å². The van der Waals surface area contributed by atoms with E-state index in [0.29, 0.717) is 34.9 Å². The van der Waals surface area contributed by atoms with Crippen LogP contribution in [0.5, 0.6) is 0 Å². The standard InChI is InChI=1S/C18H21N3O5/c1-9(2)15-14-11(7-12(10-3-4-10)19-16(14)26-20-15)17(22)21-5-6-25-8-13(21)18(23)24/h7,9-10,13H,3-6,8H2,1-2H3,(H,23,24). The lowest BCUT2D eigenvalue weighted by molar-refractivity contribution is -0.147. The number of nitrogens with zero attached hydrogens (tertiary/aromatic N) is 3. The fourth-order valence-corrected chi connectivity index (χ4v) is 3.35. The second kappa shape index (κ2) is 6.35. The van der Waals surface area contributed by atoms with Crippen molar-refractivity contribution in [1.82, 2.24) is 15.0 Å². The molecule has 3 heterocycles. The van der Waals surface area contributed by atoms with Gasteiger partial charge in [0.15, 0.2) is 6.04 Å². The molecule has 8 nitrogen and oxygen atoms in total. The van der Waals surface area contributed by atoms with Crippen LogP contribution in [0.1, 0.15) is 60.3 Å². The monoisotopic (exact) mass is 359 g/mol. The molecule has 1 aliphatic heterocycles. The highest BCUT2D eigenvalue weighted by Gasteiger charge is 2.36. The van der Waals surface area contributed by atoms with Crippen molar-refractivity contribution in [3.05, 3.63) is 23.0 Å². The first-order valence-electron chi connectivity index (χ1n) is 8.89. The number of hydrogen-bond acceptors (Lipinski definition) is 6. The molecule has 0 radical (unpaired) electrons. The fourth-order valence-electron chi connectivity index (χ4n) is 3.35. The number of aliphatic carboxylic acids is 1. The van der Waals surface area contributed by atoms with Crippen molar-refractivity contribution in [3.63, 3.8) is 0 Å². The molecule has 0 bridgehead atoms. The maximum Gasteiger partial charge on any atom is 0.328 e. The highest BCUT2D eigenvalue weighted by atomic mass is 16.5. The predicted molar refractivity (Wildman–Crippen MR) is 91.1 cm³/mol. The summed E-state index contributed by atoms with van der Waals surface area (Å²) < 4.78 is 10.7. The molecule has 1 saturated carbocycles. The Kier molecular flexibility index (Phi) is 4.14. The van der Waals surface area contributed by atoms with Crippen LogP contribution in [0.2, 0.25) is 0 Å². The number of fused-ring (bicyclic) bond motifs is 1. The fraction of sp³-hybridized carbons (Fsp3) is 0.556. The summed E-state index contributed by atoms with van der Waals surface area (Å²) in [6, 6.07) is 0.797. The van der Waals surface area contributed by atoms with E-state index in [4.69, 9.17) is 9.26 Å². The van der Waals surface area contributed by atoms with Crippen molar-refractivity contribution in [1.29, 1.82) is 0 Å². The maximum atomic E-state index is 13.3. The van der Waals surface area contributed by atoms with Gasteiger partial charge in [-0.05, 0) is 24.8 Å². The number of carbonyl (C=O) groups excluding carboxylic acids is 1. The second-order valence-electron chi connectivity index (χ2n) is 7.20. The Balaban J connectivity index is 1.84. The molecule has 1 unspecified atom stereocenters. The maximum absolute atomic E-state index is 13.3. The minimum absolute atomic E-state index is 0.00848. The summed E-state index contributed by atoms with van der Waals surface area (Å²) in [5.41, 5.74) is 2.25. The zero-order valence-electron chi connectivity index (χ0n) is 14.8. The molecule has 2 fully saturated rings. The highest BCUT2D eigenvalue weighted by Crippen LogP contribution is 2.41. The normalized spacial score (nSPS) is 20.7. The van der Waals surface area contributed by atoms with E-state index in [1.165, 1.54) is 4.90 Å². The minimum Gasteiger partial charge on any atom is -0.480 e. The van der Waals surface area contributed by atoms with Gasteiger partial charge >= 0.3 is 5.97 Å². The van der Waals surface area contributed by atoms with E-state index in [-0.39, 0.29) is 25.0 Å². The molecule has 8 heteroatoms. The zero-order valence-corrected chi connectivity index (χ0v) is 14.8. The number of carboxylic acid groups (broad SMARTS) is 1. The molecule has 0 aromatic carbocycles. The SMILES string of the molecule is CC(C)c1noc2nc(C3CC3)cc(C(=O)N3CCOCC3C(=O)O)c12. The molecule has 26 heavy (non-hydrogen) atoms. The molecule has 0 spiro atoms. The van der Waals surface area contributed by atoms with Gasteiger partial charge in [0, 0.05) is 18.2 Å². The lowest BCUT2D eigenvalue weighted by atomic mass is 10.0. The lowest BCUT2D eigenvalue weighted by Gasteiger charge is -2.33. The van der Waals surface area contributed by atoms with Gasteiger partial charge in [-0.15, -0.1) is 0 Å². The third-order valence-corrected chi connectivity index (χ3v) is 4.94. The van der Waals surface area contributed by atoms with E-state index in [1.54, 1.807) is 6.07 Å². The first kappa shape index (κ1) is 17.0. The highest BCUT2D eigenvalue weighted by molar-refractivity contribution is 6.07. The van der Waals surface area contributed by atoms with Gasteiger partial charge in [-0.3, -0.25) is 4.79 Å². The Labute approximate surface area is 150 Å². The van der Waals surface area contributed by atoms with Crippen LogP contribution in [0.4, 0.5) is 0 Å². The van der Waals surface area contributed by atoms with Crippen molar-refractivity contribution in [2.24, 2.45) is 0 Å². The molecule has 1 saturated heterocycles. The van der Waals surface area contributed by atoms with Gasteiger partial charge in [0.1, 0.15) is 0 Å². The molecule has 138 valence electrons. The van der Waals surface area contributed by atoms with E-state index in [1.807, 2.05) is 13.8 Å². The largest absolute Gasteiger partial charge is 0.480 e. The molecule has 1 aliphatic carbocycles. The number of carbonyl (C=O) groups is 2. The summed E-state index contributed by atoms with van der Waals surface area (Å²) >= 11 is 0. The molecule has 2 aliphatic rings. The van der Waals surface area contributed by atoms with Crippen LogP contribution in [0.3, 0.4) is 0 Å². The second-order valence-corrected chi connectivity index (χ2v) is 7.20. The van der Waals surface area contributed by atoms with Crippen molar-refractivity contribution >= 4 is 23.0 Å². The number of amides is 1. The number of ether oxygens (including phenoxy) is 1. The van der Waals surface area contributed by atoms with E-state index >= 15 is 0 Å². The molecule has 2 aromatic rings. The minimum atomic E-state index is -1.07. The van der Waals surface area contributed by atoms with Crippen LogP contribution < -0.4 is 0 Å².